The highest BCUT2D eigenvalue weighted by Gasteiger charge is 2.17. The molecule has 3 aromatic carbocycles. The average Bonchev–Trinajstić information content (AvgIpc) is 2.79. The summed E-state index contributed by atoms with van der Waals surface area (Å²) >= 11 is 3.32. The lowest BCUT2D eigenvalue weighted by atomic mass is 10.1. The third kappa shape index (κ3) is 5.79. The van der Waals surface area contributed by atoms with Crippen molar-refractivity contribution < 1.29 is 19.2 Å². The first kappa shape index (κ1) is 22.7. The quantitative estimate of drug-likeness (QED) is 0.278. The number of benzene rings is 3. The van der Waals surface area contributed by atoms with E-state index in [1.807, 2.05) is 0 Å². The molecule has 0 radical (unpaired) electrons. The largest absolute Gasteiger partial charge is 0.497 e. The van der Waals surface area contributed by atoms with Gasteiger partial charge in [0.15, 0.2) is 0 Å². The maximum absolute atomic E-state index is 13.0. The van der Waals surface area contributed by atoms with Crippen molar-refractivity contribution in [1.82, 2.24) is 5.32 Å². The van der Waals surface area contributed by atoms with Crippen LogP contribution in [-0.2, 0) is 4.79 Å². The number of amides is 2. The molecule has 0 unspecified atom stereocenters. The van der Waals surface area contributed by atoms with Crippen LogP contribution in [0.3, 0.4) is 0 Å². The van der Waals surface area contributed by atoms with Crippen LogP contribution < -0.4 is 15.4 Å². The number of hydrogen-bond donors (Lipinski definition) is 2. The van der Waals surface area contributed by atoms with Gasteiger partial charge in [-0.1, -0.05) is 24.3 Å². The number of nitro benzene ring substituents is 1. The standard InChI is InChI=1S/C23H18BrN3O5/c1-32-18-11-9-16(10-12-18)25-23(29)21(14-15-5-4-6-17(13-15)27(30)31)26-22(28)19-7-2-3-8-20(19)24/h2-14H,1H3,(H,25,29)(H,26,28). The molecule has 9 heteroatoms. The first-order valence-corrected chi connectivity index (χ1v) is 10.1. The predicted molar refractivity (Wildman–Crippen MR) is 124 cm³/mol. The fourth-order valence-corrected chi connectivity index (χ4v) is 3.23. The number of nitrogens with zero attached hydrogens (tertiary/aromatic N) is 1. The van der Waals surface area contributed by atoms with Gasteiger partial charge >= 0.3 is 0 Å². The molecule has 3 rings (SSSR count). The number of carbonyl (C=O) groups is 2. The highest BCUT2D eigenvalue weighted by atomic mass is 79.9. The third-order valence-electron chi connectivity index (χ3n) is 4.35. The Bertz CT molecular complexity index is 1190. The lowest BCUT2D eigenvalue weighted by molar-refractivity contribution is -0.384. The number of anilines is 1. The maximum Gasteiger partial charge on any atom is 0.272 e. The van der Waals surface area contributed by atoms with E-state index < -0.39 is 16.7 Å². The molecule has 0 saturated carbocycles. The van der Waals surface area contributed by atoms with Crippen LogP contribution in [0.1, 0.15) is 15.9 Å². The van der Waals surface area contributed by atoms with Gasteiger partial charge in [-0.3, -0.25) is 19.7 Å². The molecule has 0 heterocycles. The number of rotatable bonds is 7. The molecule has 0 fully saturated rings. The molecule has 0 aliphatic rings. The Hall–Kier alpha value is -3.98. The van der Waals surface area contributed by atoms with Crippen molar-refractivity contribution in [2.75, 3.05) is 12.4 Å². The molecular weight excluding hydrogens is 478 g/mol. The lowest BCUT2D eigenvalue weighted by Crippen LogP contribution is -2.31. The zero-order chi connectivity index (χ0) is 23.1. The Kier molecular flexibility index (Phi) is 7.35. The van der Waals surface area contributed by atoms with E-state index in [2.05, 4.69) is 26.6 Å². The molecule has 0 saturated heterocycles. The molecule has 2 amide bonds. The Balaban J connectivity index is 1.93. The fourth-order valence-electron chi connectivity index (χ4n) is 2.76. The Labute approximate surface area is 192 Å². The van der Waals surface area contributed by atoms with Gasteiger partial charge in [0.2, 0.25) is 0 Å². The molecule has 0 aliphatic carbocycles. The van der Waals surface area contributed by atoms with Crippen molar-refractivity contribution in [3.8, 4) is 5.75 Å². The van der Waals surface area contributed by atoms with Crippen LogP contribution >= 0.6 is 15.9 Å². The summed E-state index contributed by atoms with van der Waals surface area (Å²) in [5, 5.41) is 16.4. The SMILES string of the molecule is COc1ccc(NC(=O)C(=Cc2cccc([N+](=O)[O-])c2)NC(=O)c2ccccc2Br)cc1. The van der Waals surface area contributed by atoms with E-state index in [4.69, 9.17) is 4.74 Å². The van der Waals surface area contributed by atoms with Gasteiger partial charge in [-0.25, -0.2) is 0 Å². The predicted octanol–water partition coefficient (Wildman–Crippen LogP) is 4.78. The number of halogens is 1. The molecule has 0 aliphatic heterocycles. The molecular formula is C23H18BrN3O5. The van der Waals surface area contributed by atoms with Crippen molar-refractivity contribution in [3.05, 3.63) is 104 Å². The van der Waals surface area contributed by atoms with E-state index >= 15 is 0 Å². The van der Waals surface area contributed by atoms with Gasteiger partial charge in [0.05, 0.1) is 17.6 Å². The van der Waals surface area contributed by atoms with Crippen molar-refractivity contribution in [2.45, 2.75) is 0 Å². The second kappa shape index (κ2) is 10.4. The minimum absolute atomic E-state index is 0.0814. The number of hydrogen-bond acceptors (Lipinski definition) is 5. The average molecular weight is 496 g/mol. The van der Waals surface area contributed by atoms with E-state index in [1.165, 1.54) is 31.4 Å². The number of nitrogens with one attached hydrogen (secondary N) is 2. The topological polar surface area (TPSA) is 111 Å². The Morgan fingerprint density at radius 2 is 1.75 bits per heavy atom. The van der Waals surface area contributed by atoms with Gasteiger partial charge in [0.1, 0.15) is 11.4 Å². The molecule has 8 nitrogen and oxygen atoms in total. The molecule has 0 aromatic heterocycles. The number of carbonyl (C=O) groups excluding carboxylic acids is 2. The summed E-state index contributed by atoms with van der Waals surface area (Å²) < 4.78 is 5.66. The number of ether oxygens (including phenoxy) is 1. The van der Waals surface area contributed by atoms with E-state index in [0.29, 0.717) is 27.0 Å². The van der Waals surface area contributed by atoms with Crippen molar-refractivity contribution in [2.24, 2.45) is 0 Å². The first-order chi connectivity index (χ1) is 15.4. The van der Waals surface area contributed by atoms with Crippen LogP contribution in [0, 0.1) is 10.1 Å². The highest BCUT2D eigenvalue weighted by molar-refractivity contribution is 9.10. The van der Waals surface area contributed by atoms with Crippen molar-refractivity contribution in [1.29, 1.82) is 0 Å². The van der Waals surface area contributed by atoms with Crippen LogP contribution in [0.25, 0.3) is 6.08 Å². The molecule has 32 heavy (non-hydrogen) atoms. The van der Waals surface area contributed by atoms with Gasteiger partial charge in [-0.05, 0) is 64.0 Å². The maximum atomic E-state index is 13.0. The lowest BCUT2D eigenvalue weighted by Gasteiger charge is -2.12. The van der Waals surface area contributed by atoms with Gasteiger partial charge in [-0.2, -0.15) is 0 Å². The zero-order valence-corrected chi connectivity index (χ0v) is 18.5. The second-order valence-electron chi connectivity index (χ2n) is 6.53. The van der Waals surface area contributed by atoms with Gasteiger partial charge in [0, 0.05) is 22.3 Å². The summed E-state index contributed by atoms with van der Waals surface area (Å²) in [5.41, 5.74) is 0.977. The van der Waals surface area contributed by atoms with Crippen molar-refractivity contribution >= 4 is 45.2 Å². The number of non-ortho nitro benzene ring substituents is 1. The summed E-state index contributed by atoms with van der Waals surface area (Å²) in [6.45, 7) is 0. The fraction of sp³-hybridized carbons (Fsp3) is 0.0435. The molecule has 162 valence electrons. The van der Waals surface area contributed by atoms with E-state index in [-0.39, 0.29) is 11.4 Å². The molecule has 3 aromatic rings. The molecule has 2 N–H and O–H groups in total. The molecule has 0 atom stereocenters. The highest BCUT2D eigenvalue weighted by Crippen LogP contribution is 2.20. The van der Waals surface area contributed by atoms with E-state index in [0.717, 1.165) is 0 Å². The number of methoxy groups -OCH3 is 1. The van der Waals surface area contributed by atoms with E-state index in [1.54, 1.807) is 54.6 Å². The van der Waals surface area contributed by atoms with Crippen LogP contribution in [-0.4, -0.2) is 23.8 Å². The van der Waals surface area contributed by atoms with Gasteiger partial charge in [-0.15, -0.1) is 0 Å². The van der Waals surface area contributed by atoms with Crippen LogP contribution in [0.15, 0.2) is 83.0 Å². The Morgan fingerprint density at radius 3 is 2.41 bits per heavy atom. The summed E-state index contributed by atoms with van der Waals surface area (Å²) in [5.74, 6) is -0.487. The van der Waals surface area contributed by atoms with Crippen LogP contribution in [0.5, 0.6) is 5.75 Å². The Morgan fingerprint density at radius 1 is 1.03 bits per heavy atom. The smallest absolute Gasteiger partial charge is 0.272 e. The summed E-state index contributed by atoms with van der Waals surface area (Å²) in [7, 11) is 1.53. The zero-order valence-electron chi connectivity index (χ0n) is 16.9. The third-order valence-corrected chi connectivity index (χ3v) is 5.04. The summed E-state index contributed by atoms with van der Waals surface area (Å²) in [6.07, 6.45) is 1.38. The van der Waals surface area contributed by atoms with E-state index in [9.17, 15) is 19.7 Å². The summed E-state index contributed by atoms with van der Waals surface area (Å²) in [6, 6.07) is 19.2. The van der Waals surface area contributed by atoms with Crippen molar-refractivity contribution in [3.63, 3.8) is 0 Å². The van der Waals surface area contributed by atoms with Crippen LogP contribution in [0.2, 0.25) is 0 Å². The normalized spacial score (nSPS) is 10.9. The second-order valence-corrected chi connectivity index (χ2v) is 7.38. The minimum Gasteiger partial charge on any atom is -0.497 e. The molecule has 0 bridgehead atoms. The van der Waals surface area contributed by atoms with Gasteiger partial charge in [0.25, 0.3) is 17.5 Å². The summed E-state index contributed by atoms with van der Waals surface area (Å²) in [4.78, 5) is 36.3. The molecule has 0 spiro atoms. The first-order valence-electron chi connectivity index (χ1n) is 9.35. The monoisotopic (exact) mass is 495 g/mol. The van der Waals surface area contributed by atoms with Crippen LogP contribution in [0.4, 0.5) is 11.4 Å². The van der Waals surface area contributed by atoms with Gasteiger partial charge < -0.3 is 15.4 Å². The number of nitro groups is 1. The minimum atomic E-state index is -0.595.